The minimum Gasteiger partial charge on any atom is -0.463 e. The number of aryl methyl sites for hydroxylation is 3. The lowest BCUT2D eigenvalue weighted by molar-refractivity contribution is 0.209. The first-order chi connectivity index (χ1) is 10.6. The summed E-state index contributed by atoms with van der Waals surface area (Å²) in [5, 5.41) is 3.02. The van der Waals surface area contributed by atoms with Gasteiger partial charge in [-0.2, -0.15) is 0 Å². The fraction of sp³-hybridized carbons (Fsp3) is 0.353. The number of para-hydroxylation sites is 1. The Labute approximate surface area is 134 Å². The molecule has 2 heterocycles. The number of furan rings is 1. The SMILES string of the molecule is Cc1ccc(C2SCCN2C(=O)Nc2c(C)cccc2C)o1. The Morgan fingerprint density at radius 1 is 1.23 bits per heavy atom. The largest absolute Gasteiger partial charge is 0.463 e. The average molecular weight is 316 g/mol. The molecule has 4 nitrogen and oxygen atoms in total. The molecule has 2 amide bonds. The summed E-state index contributed by atoms with van der Waals surface area (Å²) in [5.74, 6) is 2.64. The number of hydrogen-bond donors (Lipinski definition) is 1. The Morgan fingerprint density at radius 2 is 1.95 bits per heavy atom. The van der Waals surface area contributed by atoms with Crippen LogP contribution in [0.4, 0.5) is 10.5 Å². The molecule has 5 heteroatoms. The second kappa shape index (κ2) is 6.08. The van der Waals surface area contributed by atoms with Crippen molar-refractivity contribution in [2.75, 3.05) is 17.6 Å². The topological polar surface area (TPSA) is 45.5 Å². The van der Waals surface area contributed by atoms with E-state index in [4.69, 9.17) is 4.42 Å². The Morgan fingerprint density at radius 3 is 2.59 bits per heavy atom. The predicted octanol–water partition coefficient (Wildman–Crippen LogP) is 4.48. The minimum absolute atomic E-state index is 0.0435. The number of carbonyl (C=O) groups is 1. The van der Waals surface area contributed by atoms with Crippen LogP contribution in [0.1, 0.15) is 28.0 Å². The lowest BCUT2D eigenvalue weighted by Crippen LogP contribution is -2.34. The van der Waals surface area contributed by atoms with E-state index >= 15 is 0 Å². The van der Waals surface area contributed by atoms with Crippen LogP contribution < -0.4 is 5.32 Å². The first-order valence-corrected chi connectivity index (χ1v) is 8.43. The molecule has 1 saturated heterocycles. The molecule has 1 N–H and O–H groups in total. The normalized spacial score (nSPS) is 17.8. The van der Waals surface area contributed by atoms with Gasteiger partial charge in [-0.25, -0.2) is 4.79 Å². The number of nitrogens with one attached hydrogen (secondary N) is 1. The van der Waals surface area contributed by atoms with Crippen LogP contribution in [0.15, 0.2) is 34.7 Å². The summed E-state index contributed by atoms with van der Waals surface area (Å²) in [6, 6.07) is 9.85. The van der Waals surface area contributed by atoms with Gasteiger partial charge in [0.05, 0.1) is 0 Å². The maximum absolute atomic E-state index is 12.7. The second-order valence-electron chi connectivity index (χ2n) is 5.56. The highest BCUT2D eigenvalue weighted by Gasteiger charge is 2.33. The summed E-state index contributed by atoms with van der Waals surface area (Å²) in [7, 11) is 0. The monoisotopic (exact) mass is 316 g/mol. The summed E-state index contributed by atoms with van der Waals surface area (Å²) < 4.78 is 5.70. The number of nitrogens with zero attached hydrogens (tertiary/aromatic N) is 1. The molecule has 0 radical (unpaired) electrons. The molecule has 1 unspecified atom stereocenters. The third-order valence-electron chi connectivity index (χ3n) is 3.87. The van der Waals surface area contributed by atoms with Gasteiger partial charge >= 0.3 is 6.03 Å². The van der Waals surface area contributed by atoms with Gasteiger partial charge in [0.15, 0.2) is 0 Å². The van der Waals surface area contributed by atoms with Crippen molar-refractivity contribution >= 4 is 23.5 Å². The first kappa shape index (κ1) is 15.0. The molecule has 0 spiro atoms. The summed E-state index contributed by atoms with van der Waals surface area (Å²) in [6.45, 7) is 6.67. The van der Waals surface area contributed by atoms with Crippen LogP contribution in [0.5, 0.6) is 0 Å². The van der Waals surface area contributed by atoms with Crippen LogP contribution in [0.2, 0.25) is 0 Å². The van der Waals surface area contributed by atoms with Crippen LogP contribution in [0.3, 0.4) is 0 Å². The summed E-state index contributed by atoms with van der Waals surface area (Å²) in [4.78, 5) is 14.5. The molecule has 1 atom stereocenters. The second-order valence-corrected chi connectivity index (χ2v) is 6.75. The van der Waals surface area contributed by atoms with Crippen LogP contribution in [0.25, 0.3) is 0 Å². The first-order valence-electron chi connectivity index (χ1n) is 7.38. The number of carbonyl (C=O) groups excluding carboxylic acids is 1. The van der Waals surface area contributed by atoms with E-state index in [1.54, 1.807) is 11.8 Å². The number of rotatable bonds is 2. The van der Waals surface area contributed by atoms with Crippen molar-refractivity contribution in [3.8, 4) is 0 Å². The predicted molar refractivity (Wildman–Crippen MR) is 90.3 cm³/mol. The lowest BCUT2D eigenvalue weighted by Gasteiger charge is -2.23. The van der Waals surface area contributed by atoms with Gasteiger partial charge in [0.2, 0.25) is 0 Å². The van der Waals surface area contributed by atoms with Crippen LogP contribution in [0, 0.1) is 20.8 Å². The molecule has 1 aromatic carbocycles. The highest BCUT2D eigenvalue weighted by molar-refractivity contribution is 7.99. The van der Waals surface area contributed by atoms with Gasteiger partial charge in [0, 0.05) is 18.0 Å². The van der Waals surface area contributed by atoms with Gasteiger partial charge in [-0.1, -0.05) is 18.2 Å². The maximum atomic E-state index is 12.7. The Balaban J connectivity index is 1.79. The van der Waals surface area contributed by atoms with E-state index in [2.05, 4.69) is 5.32 Å². The molecule has 1 aromatic heterocycles. The number of amides is 2. The molecule has 2 aromatic rings. The van der Waals surface area contributed by atoms with E-state index in [0.29, 0.717) is 0 Å². The molecule has 0 bridgehead atoms. The van der Waals surface area contributed by atoms with E-state index in [9.17, 15) is 4.79 Å². The Kier molecular flexibility index (Phi) is 4.16. The molecular weight excluding hydrogens is 296 g/mol. The van der Waals surface area contributed by atoms with Crippen molar-refractivity contribution in [3.63, 3.8) is 0 Å². The zero-order valence-corrected chi connectivity index (χ0v) is 13.9. The summed E-state index contributed by atoms with van der Waals surface area (Å²) in [6.07, 6.45) is 0. The minimum atomic E-state index is -0.0681. The van der Waals surface area contributed by atoms with Crippen molar-refractivity contribution in [2.24, 2.45) is 0 Å². The lowest BCUT2D eigenvalue weighted by atomic mass is 10.1. The zero-order valence-electron chi connectivity index (χ0n) is 13.1. The number of hydrogen-bond acceptors (Lipinski definition) is 3. The Hall–Kier alpha value is -1.88. The van der Waals surface area contributed by atoms with Crippen LogP contribution >= 0.6 is 11.8 Å². The van der Waals surface area contributed by atoms with Gasteiger partial charge in [-0.15, -0.1) is 11.8 Å². The molecule has 1 fully saturated rings. The molecule has 0 aliphatic carbocycles. The zero-order chi connectivity index (χ0) is 15.7. The maximum Gasteiger partial charge on any atom is 0.323 e. The summed E-state index contributed by atoms with van der Waals surface area (Å²) >= 11 is 1.74. The van der Waals surface area contributed by atoms with Crippen molar-refractivity contribution < 1.29 is 9.21 Å². The number of thioether (sulfide) groups is 1. The van der Waals surface area contributed by atoms with E-state index < -0.39 is 0 Å². The van der Waals surface area contributed by atoms with Crippen LogP contribution in [-0.2, 0) is 0 Å². The van der Waals surface area contributed by atoms with E-state index in [-0.39, 0.29) is 11.4 Å². The molecule has 0 saturated carbocycles. The average Bonchev–Trinajstić information content (AvgIpc) is 3.11. The van der Waals surface area contributed by atoms with E-state index in [0.717, 1.165) is 40.6 Å². The fourth-order valence-electron chi connectivity index (χ4n) is 2.69. The van der Waals surface area contributed by atoms with Gasteiger partial charge in [0.1, 0.15) is 16.9 Å². The highest BCUT2D eigenvalue weighted by Crippen LogP contribution is 2.39. The van der Waals surface area contributed by atoms with Gasteiger partial charge in [-0.3, -0.25) is 0 Å². The highest BCUT2D eigenvalue weighted by atomic mass is 32.2. The van der Waals surface area contributed by atoms with Crippen molar-refractivity contribution in [1.29, 1.82) is 0 Å². The molecular formula is C17H20N2O2S. The smallest absolute Gasteiger partial charge is 0.323 e. The van der Waals surface area contributed by atoms with E-state index in [1.807, 2.05) is 56.0 Å². The Bertz CT molecular complexity index is 675. The van der Waals surface area contributed by atoms with Gasteiger partial charge < -0.3 is 14.6 Å². The molecule has 1 aliphatic heterocycles. The standard InChI is InChI=1S/C17H20N2O2S/c1-11-5-4-6-12(2)15(11)18-17(20)19-9-10-22-16(19)14-8-7-13(3)21-14/h4-8,16H,9-10H2,1-3H3,(H,18,20). The van der Waals surface area contributed by atoms with Crippen molar-refractivity contribution in [3.05, 3.63) is 53.0 Å². The van der Waals surface area contributed by atoms with E-state index in [1.165, 1.54) is 0 Å². The molecule has 3 rings (SSSR count). The molecule has 1 aliphatic rings. The third-order valence-corrected chi connectivity index (χ3v) is 5.09. The number of urea groups is 1. The van der Waals surface area contributed by atoms with Gasteiger partial charge in [0.25, 0.3) is 0 Å². The molecule has 116 valence electrons. The number of benzene rings is 1. The third kappa shape index (κ3) is 2.86. The quantitative estimate of drug-likeness (QED) is 0.888. The van der Waals surface area contributed by atoms with Crippen molar-refractivity contribution in [1.82, 2.24) is 4.90 Å². The fourth-order valence-corrected chi connectivity index (χ4v) is 3.89. The molecule has 22 heavy (non-hydrogen) atoms. The van der Waals surface area contributed by atoms with Crippen molar-refractivity contribution in [2.45, 2.75) is 26.1 Å². The number of anilines is 1. The van der Waals surface area contributed by atoms with Gasteiger partial charge in [-0.05, 0) is 44.0 Å². The summed E-state index contributed by atoms with van der Waals surface area (Å²) in [5.41, 5.74) is 3.05. The van der Waals surface area contributed by atoms with Crippen LogP contribution in [-0.4, -0.2) is 23.2 Å².